The Morgan fingerprint density at radius 2 is 1.78 bits per heavy atom. The molecule has 7 heteroatoms. The van der Waals surface area contributed by atoms with E-state index in [9.17, 15) is 8.42 Å². The Balaban J connectivity index is 0.000000433. The van der Waals surface area contributed by atoms with Crippen molar-refractivity contribution in [3.05, 3.63) is 0 Å². The van der Waals surface area contributed by atoms with Gasteiger partial charge in [0.05, 0.1) is 5.75 Å². The van der Waals surface area contributed by atoms with Gasteiger partial charge in [-0.2, -0.15) is 0 Å². The van der Waals surface area contributed by atoms with Gasteiger partial charge >= 0.3 is 0 Å². The quantitative estimate of drug-likeness (QED) is 0.812. The number of piperidine rings is 1. The Bertz CT molecular complexity index is 490. The van der Waals surface area contributed by atoms with Gasteiger partial charge in [0.1, 0.15) is 0 Å². The molecule has 1 aliphatic carbocycles. The molecular formula is C16H30N2O4S. The first-order valence-corrected chi connectivity index (χ1v) is 10.3. The van der Waals surface area contributed by atoms with Gasteiger partial charge < -0.3 is 10.4 Å². The van der Waals surface area contributed by atoms with Crippen LogP contribution in [0.2, 0.25) is 0 Å². The van der Waals surface area contributed by atoms with Gasteiger partial charge in [-0.3, -0.25) is 4.79 Å². The molecule has 0 radical (unpaired) electrons. The molecule has 3 fully saturated rings. The number of carboxylic acids is 1. The molecule has 0 aromatic rings. The molecule has 2 aliphatic heterocycles. The zero-order valence-electron chi connectivity index (χ0n) is 14.1. The molecule has 1 spiro atoms. The van der Waals surface area contributed by atoms with Crippen LogP contribution in [0.4, 0.5) is 0 Å². The first-order valence-electron chi connectivity index (χ1n) is 8.71. The summed E-state index contributed by atoms with van der Waals surface area (Å²) in [6.07, 6.45) is 8.01. The molecule has 2 saturated heterocycles. The number of aliphatic carboxylic acids is 1. The Morgan fingerprint density at radius 1 is 1.22 bits per heavy atom. The van der Waals surface area contributed by atoms with Gasteiger partial charge in [0, 0.05) is 20.0 Å². The first-order chi connectivity index (χ1) is 10.8. The van der Waals surface area contributed by atoms with Gasteiger partial charge in [-0.05, 0) is 56.5 Å². The summed E-state index contributed by atoms with van der Waals surface area (Å²) < 4.78 is 26.9. The summed E-state index contributed by atoms with van der Waals surface area (Å²) in [5, 5.41) is 10.8. The zero-order valence-corrected chi connectivity index (χ0v) is 14.9. The number of nitrogens with zero attached hydrogens (tertiary/aromatic N) is 1. The average molecular weight is 346 g/mol. The molecular weight excluding hydrogens is 316 g/mol. The van der Waals surface area contributed by atoms with E-state index in [1.807, 2.05) is 0 Å². The molecule has 134 valence electrons. The van der Waals surface area contributed by atoms with Crippen molar-refractivity contribution in [2.24, 2.45) is 11.3 Å². The molecule has 0 amide bonds. The third-order valence-corrected chi connectivity index (χ3v) is 7.37. The van der Waals surface area contributed by atoms with Crippen molar-refractivity contribution in [3.63, 3.8) is 0 Å². The lowest BCUT2D eigenvalue weighted by molar-refractivity contribution is -0.134. The normalized spacial score (nSPS) is 25.3. The van der Waals surface area contributed by atoms with Crippen LogP contribution < -0.4 is 5.32 Å². The second kappa shape index (κ2) is 7.94. The Morgan fingerprint density at radius 3 is 2.35 bits per heavy atom. The molecule has 0 bridgehead atoms. The van der Waals surface area contributed by atoms with E-state index in [0.717, 1.165) is 65.2 Å². The highest BCUT2D eigenvalue weighted by Crippen LogP contribution is 2.40. The molecule has 0 atom stereocenters. The Kier molecular flexibility index (Phi) is 6.45. The summed E-state index contributed by atoms with van der Waals surface area (Å²) >= 11 is 0. The fourth-order valence-corrected chi connectivity index (χ4v) is 6.06. The molecule has 0 aromatic carbocycles. The van der Waals surface area contributed by atoms with E-state index in [-0.39, 0.29) is 5.41 Å². The molecule has 3 aliphatic rings. The number of rotatable bonds is 3. The topological polar surface area (TPSA) is 86.7 Å². The van der Waals surface area contributed by atoms with Crippen molar-refractivity contribution in [2.45, 2.75) is 51.9 Å². The molecule has 0 aromatic heterocycles. The number of carbonyl (C=O) groups is 1. The second-order valence-corrected chi connectivity index (χ2v) is 9.30. The van der Waals surface area contributed by atoms with Crippen LogP contribution in [0.3, 0.4) is 0 Å². The van der Waals surface area contributed by atoms with Crippen LogP contribution >= 0.6 is 0 Å². The van der Waals surface area contributed by atoms with Gasteiger partial charge in [0.2, 0.25) is 10.0 Å². The van der Waals surface area contributed by atoms with Gasteiger partial charge in [-0.15, -0.1) is 0 Å². The molecule has 1 saturated carbocycles. The predicted molar refractivity (Wildman–Crippen MR) is 89.8 cm³/mol. The lowest BCUT2D eigenvalue weighted by Gasteiger charge is -2.33. The van der Waals surface area contributed by atoms with E-state index in [4.69, 9.17) is 9.90 Å². The maximum Gasteiger partial charge on any atom is 0.300 e. The fourth-order valence-electron chi connectivity index (χ4n) is 4.08. The number of hydrogen-bond acceptors (Lipinski definition) is 4. The van der Waals surface area contributed by atoms with Crippen LogP contribution in [0.25, 0.3) is 0 Å². The lowest BCUT2D eigenvalue weighted by atomic mass is 9.78. The van der Waals surface area contributed by atoms with Crippen molar-refractivity contribution in [1.82, 2.24) is 9.62 Å². The van der Waals surface area contributed by atoms with Crippen molar-refractivity contribution in [1.29, 1.82) is 0 Å². The number of hydrogen-bond donors (Lipinski definition) is 2. The van der Waals surface area contributed by atoms with E-state index < -0.39 is 16.0 Å². The summed E-state index contributed by atoms with van der Waals surface area (Å²) in [6.45, 7) is 4.73. The standard InChI is InChI=1S/C14H26N2O2S.C2H4O2/c17-19(18,11-13-3-1-2-4-13)16-10-7-14(12-16)5-8-15-9-6-14;1-2(3)4/h13,15H,1-12H2;1H3,(H,3,4). The van der Waals surface area contributed by atoms with Crippen LogP contribution in [0.15, 0.2) is 0 Å². The van der Waals surface area contributed by atoms with Crippen molar-refractivity contribution in [2.75, 3.05) is 31.9 Å². The van der Waals surface area contributed by atoms with E-state index in [2.05, 4.69) is 5.32 Å². The largest absolute Gasteiger partial charge is 0.481 e. The zero-order chi connectivity index (χ0) is 16.9. The van der Waals surface area contributed by atoms with Gasteiger partial charge in [-0.25, -0.2) is 12.7 Å². The van der Waals surface area contributed by atoms with Gasteiger partial charge in [-0.1, -0.05) is 12.8 Å². The van der Waals surface area contributed by atoms with Crippen molar-refractivity contribution in [3.8, 4) is 0 Å². The molecule has 23 heavy (non-hydrogen) atoms. The van der Waals surface area contributed by atoms with E-state index in [0.29, 0.717) is 11.7 Å². The van der Waals surface area contributed by atoms with Crippen molar-refractivity contribution >= 4 is 16.0 Å². The molecule has 6 nitrogen and oxygen atoms in total. The first kappa shape index (κ1) is 18.7. The summed E-state index contributed by atoms with van der Waals surface area (Å²) in [6, 6.07) is 0. The monoisotopic (exact) mass is 346 g/mol. The van der Waals surface area contributed by atoms with Crippen LogP contribution in [-0.4, -0.2) is 55.7 Å². The van der Waals surface area contributed by atoms with Crippen LogP contribution in [0.5, 0.6) is 0 Å². The maximum atomic E-state index is 12.5. The predicted octanol–water partition coefficient (Wildman–Crippen LogP) is 1.67. The Hall–Kier alpha value is -0.660. The smallest absolute Gasteiger partial charge is 0.300 e. The Labute approximate surface area is 139 Å². The number of carboxylic acid groups (broad SMARTS) is 1. The fraction of sp³-hybridized carbons (Fsp3) is 0.938. The summed E-state index contributed by atoms with van der Waals surface area (Å²) in [4.78, 5) is 9.00. The minimum absolute atomic E-state index is 0.286. The average Bonchev–Trinajstić information content (AvgIpc) is 3.09. The molecule has 2 N–H and O–H groups in total. The van der Waals surface area contributed by atoms with Crippen LogP contribution in [0, 0.1) is 11.3 Å². The lowest BCUT2D eigenvalue weighted by Crippen LogP contribution is -2.40. The highest BCUT2D eigenvalue weighted by molar-refractivity contribution is 7.89. The molecule has 2 heterocycles. The van der Waals surface area contributed by atoms with Crippen LogP contribution in [-0.2, 0) is 14.8 Å². The second-order valence-electron chi connectivity index (χ2n) is 7.28. The summed E-state index contributed by atoms with van der Waals surface area (Å²) in [5.74, 6) is -0.00371. The summed E-state index contributed by atoms with van der Waals surface area (Å²) in [7, 11) is -3.01. The third kappa shape index (κ3) is 5.43. The highest BCUT2D eigenvalue weighted by Gasteiger charge is 2.43. The minimum atomic E-state index is -3.01. The number of sulfonamides is 1. The summed E-state index contributed by atoms with van der Waals surface area (Å²) in [5.41, 5.74) is 0.286. The van der Waals surface area contributed by atoms with E-state index in [1.165, 1.54) is 12.8 Å². The maximum absolute atomic E-state index is 12.5. The third-order valence-electron chi connectivity index (χ3n) is 5.38. The SMILES string of the molecule is CC(=O)O.O=S(=O)(CC1CCCC1)N1CCC2(CCNCC2)C1. The van der Waals surface area contributed by atoms with E-state index in [1.54, 1.807) is 4.31 Å². The van der Waals surface area contributed by atoms with E-state index >= 15 is 0 Å². The molecule has 0 unspecified atom stereocenters. The van der Waals surface area contributed by atoms with Gasteiger partial charge in [0.15, 0.2) is 0 Å². The minimum Gasteiger partial charge on any atom is -0.481 e. The molecule has 3 rings (SSSR count). The van der Waals surface area contributed by atoms with Gasteiger partial charge in [0.25, 0.3) is 5.97 Å². The van der Waals surface area contributed by atoms with Crippen LogP contribution in [0.1, 0.15) is 51.9 Å². The van der Waals surface area contributed by atoms with Crippen molar-refractivity contribution < 1.29 is 18.3 Å². The highest BCUT2D eigenvalue weighted by atomic mass is 32.2. The number of nitrogens with one attached hydrogen (secondary N) is 1.